The van der Waals surface area contributed by atoms with E-state index >= 15 is 0 Å². The third kappa shape index (κ3) is 2.01. The van der Waals surface area contributed by atoms with E-state index in [-0.39, 0.29) is 17.4 Å². The Bertz CT molecular complexity index is 231. The van der Waals surface area contributed by atoms with Crippen LogP contribution >= 0.6 is 24.0 Å². The molecule has 0 aliphatic heterocycles. The molecule has 56 valence electrons. The highest BCUT2D eigenvalue weighted by atomic mass is 35.5. The summed E-state index contributed by atoms with van der Waals surface area (Å²) >= 11 is 5.33. The molecule has 0 aromatic carbocycles. The molecule has 0 amide bonds. The summed E-state index contributed by atoms with van der Waals surface area (Å²) in [7, 11) is 0. The lowest BCUT2D eigenvalue weighted by Crippen LogP contribution is -1.80. The van der Waals surface area contributed by atoms with Crippen molar-refractivity contribution in [3.8, 4) is 5.75 Å². The number of nitrogens with zero attached hydrogens (tertiary/aromatic N) is 1. The fourth-order valence-electron chi connectivity index (χ4n) is 0.412. The van der Waals surface area contributed by atoms with Crippen LogP contribution in [-0.2, 0) is 0 Å². The Morgan fingerprint density at radius 3 is 2.60 bits per heavy atom. The van der Waals surface area contributed by atoms with Gasteiger partial charge in [0.05, 0.1) is 5.02 Å². The molecule has 1 rings (SSSR count). The van der Waals surface area contributed by atoms with Gasteiger partial charge in [-0.1, -0.05) is 11.6 Å². The first kappa shape index (κ1) is 9.46. The molecule has 5 heteroatoms. The molecule has 0 aliphatic carbocycles. The van der Waals surface area contributed by atoms with Crippen molar-refractivity contribution in [1.82, 2.24) is 4.98 Å². The summed E-state index contributed by atoms with van der Waals surface area (Å²) in [5.74, 6) is -1.43. The Hall–Kier alpha value is -0.540. The average Bonchev–Trinajstić information content (AvgIpc) is 1.80. The molecule has 1 N–H and O–H groups in total. The first-order valence-electron chi connectivity index (χ1n) is 2.20. The van der Waals surface area contributed by atoms with Crippen molar-refractivity contribution in [2.45, 2.75) is 0 Å². The van der Waals surface area contributed by atoms with Gasteiger partial charge in [0.15, 0.2) is 5.75 Å². The predicted molar refractivity (Wildman–Crippen MR) is 38.1 cm³/mol. The van der Waals surface area contributed by atoms with Gasteiger partial charge < -0.3 is 5.11 Å². The molecule has 2 nitrogen and oxygen atoms in total. The lowest BCUT2D eigenvalue weighted by molar-refractivity contribution is 0.419. The second-order valence-corrected chi connectivity index (χ2v) is 1.90. The standard InChI is InChI=1S/C5H3ClFNO.ClH/c6-3-1-4(9)5(7)8-2-3;/h1-2,9H;1H. The minimum atomic E-state index is -0.903. The van der Waals surface area contributed by atoms with E-state index in [1.807, 2.05) is 0 Å². The zero-order valence-electron chi connectivity index (χ0n) is 4.71. The van der Waals surface area contributed by atoms with Gasteiger partial charge >= 0.3 is 0 Å². The van der Waals surface area contributed by atoms with Crippen LogP contribution < -0.4 is 0 Å². The third-order valence-corrected chi connectivity index (χ3v) is 0.994. The van der Waals surface area contributed by atoms with Crippen molar-refractivity contribution in [3.63, 3.8) is 0 Å². The molecule has 0 bridgehead atoms. The van der Waals surface area contributed by atoms with E-state index in [2.05, 4.69) is 4.98 Å². The number of rotatable bonds is 0. The summed E-state index contributed by atoms with van der Waals surface area (Å²) in [6.07, 6.45) is 1.12. The van der Waals surface area contributed by atoms with Crippen LogP contribution in [-0.4, -0.2) is 10.1 Å². The maximum absolute atomic E-state index is 12.1. The summed E-state index contributed by atoms with van der Waals surface area (Å²) in [5.41, 5.74) is 0. The normalized spacial score (nSPS) is 8.60. The molecule has 0 aliphatic rings. The predicted octanol–water partition coefficient (Wildman–Crippen LogP) is 2.00. The molecule has 0 unspecified atom stereocenters. The smallest absolute Gasteiger partial charge is 0.255 e. The molecular weight excluding hydrogens is 180 g/mol. The zero-order valence-corrected chi connectivity index (χ0v) is 6.29. The SMILES string of the molecule is Cl.Oc1cc(Cl)cnc1F. The van der Waals surface area contributed by atoms with E-state index in [1.165, 1.54) is 0 Å². The van der Waals surface area contributed by atoms with Gasteiger partial charge in [-0.15, -0.1) is 12.4 Å². The van der Waals surface area contributed by atoms with Crippen molar-refractivity contribution in [2.24, 2.45) is 0 Å². The second kappa shape index (κ2) is 3.58. The lowest BCUT2D eigenvalue weighted by Gasteiger charge is -1.91. The van der Waals surface area contributed by atoms with Crippen LogP contribution in [0.1, 0.15) is 0 Å². The molecule has 1 aromatic rings. The summed E-state index contributed by atoms with van der Waals surface area (Å²) in [6, 6.07) is 1.09. The largest absolute Gasteiger partial charge is 0.504 e. The first-order chi connectivity index (χ1) is 4.20. The van der Waals surface area contributed by atoms with Crippen molar-refractivity contribution in [3.05, 3.63) is 23.2 Å². The summed E-state index contributed by atoms with van der Waals surface area (Å²) in [5, 5.41) is 8.79. The quantitative estimate of drug-likeness (QED) is 0.625. The van der Waals surface area contributed by atoms with Crippen LogP contribution in [0.25, 0.3) is 0 Å². The highest BCUT2D eigenvalue weighted by Gasteiger charge is 1.99. The summed E-state index contributed by atoms with van der Waals surface area (Å²) in [6.45, 7) is 0. The fraction of sp³-hybridized carbons (Fsp3) is 0. The van der Waals surface area contributed by atoms with E-state index < -0.39 is 11.7 Å². The van der Waals surface area contributed by atoms with Crippen LogP contribution in [0.3, 0.4) is 0 Å². The van der Waals surface area contributed by atoms with Crippen molar-refractivity contribution in [1.29, 1.82) is 0 Å². The van der Waals surface area contributed by atoms with Gasteiger partial charge in [0, 0.05) is 12.3 Å². The molecular formula is C5H4Cl2FNO. The Labute approximate surface area is 68.1 Å². The van der Waals surface area contributed by atoms with Gasteiger partial charge in [0.1, 0.15) is 0 Å². The van der Waals surface area contributed by atoms with E-state index in [1.54, 1.807) is 0 Å². The average molecular weight is 184 g/mol. The molecule has 0 saturated carbocycles. The van der Waals surface area contributed by atoms with E-state index in [4.69, 9.17) is 16.7 Å². The van der Waals surface area contributed by atoms with Gasteiger partial charge in [0.2, 0.25) is 0 Å². The van der Waals surface area contributed by atoms with Crippen molar-refractivity contribution in [2.75, 3.05) is 0 Å². The van der Waals surface area contributed by atoms with Crippen LogP contribution in [0, 0.1) is 5.95 Å². The van der Waals surface area contributed by atoms with Crippen molar-refractivity contribution >= 4 is 24.0 Å². The van der Waals surface area contributed by atoms with E-state index in [0.29, 0.717) is 0 Å². The third-order valence-electron chi connectivity index (χ3n) is 0.787. The van der Waals surface area contributed by atoms with Crippen LogP contribution in [0.4, 0.5) is 4.39 Å². The maximum Gasteiger partial charge on any atom is 0.255 e. The minimum Gasteiger partial charge on any atom is -0.504 e. The van der Waals surface area contributed by atoms with Gasteiger partial charge in [-0.3, -0.25) is 0 Å². The molecule has 0 radical (unpaired) electrons. The zero-order chi connectivity index (χ0) is 6.85. The molecule has 0 saturated heterocycles. The van der Waals surface area contributed by atoms with Crippen LogP contribution in [0.15, 0.2) is 12.3 Å². The summed E-state index contributed by atoms with van der Waals surface area (Å²) in [4.78, 5) is 3.13. The molecule has 0 atom stereocenters. The number of hydrogen-bond donors (Lipinski definition) is 1. The Morgan fingerprint density at radius 1 is 1.60 bits per heavy atom. The van der Waals surface area contributed by atoms with Gasteiger partial charge in [-0.25, -0.2) is 4.98 Å². The highest BCUT2D eigenvalue weighted by molar-refractivity contribution is 6.30. The Morgan fingerprint density at radius 2 is 2.20 bits per heavy atom. The van der Waals surface area contributed by atoms with Crippen LogP contribution in [0.5, 0.6) is 5.75 Å². The number of hydrogen-bond acceptors (Lipinski definition) is 2. The minimum absolute atomic E-state index is 0. The van der Waals surface area contributed by atoms with Gasteiger partial charge in [0.25, 0.3) is 5.95 Å². The van der Waals surface area contributed by atoms with Gasteiger partial charge in [-0.05, 0) is 0 Å². The maximum atomic E-state index is 12.1. The fourth-order valence-corrected chi connectivity index (χ4v) is 0.564. The number of aromatic hydroxyl groups is 1. The first-order valence-corrected chi connectivity index (χ1v) is 2.58. The Balaban J connectivity index is 0.000000810. The molecule has 1 heterocycles. The summed E-state index contributed by atoms with van der Waals surface area (Å²) < 4.78 is 12.1. The second-order valence-electron chi connectivity index (χ2n) is 1.46. The molecule has 1 aromatic heterocycles. The molecule has 0 spiro atoms. The number of pyridine rings is 1. The van der Waals surface area contributed by atoms with E-state index in [0.717, 1.165) is 12.3 Å². The molecule has 10 heavy (non-hydrogen) atoms. The number of aromatic nitrogens is 1. The highest BCUT2D eigenvalue weighted by Crippen LogP contribution is 2.16. The number of halogens is 3. The lowest BCUT2D eigenvalue weighted by atomic mass is 10.4. The Kier molecular flexibility index (Phi) is 3.39. The molecule has 0 fully saturated rings. The van der Waals surface area contributed by atoms with E-state index in [9.17, 15) is 4.39 Å². The van der Waals surface area contributed by atoms with Crippen molar-refractivity contribution < 1.29 is 9.50 Å². The van der Waals surface area contributed by atoms with Crippen LogP contribution in [0.2, 0.25) is 5.02 Å². The topological polar surface area (TPSA) is 33.1 Å². The van der Waals surface area contributed by atoms with Gasteiger partial charge in [-0.2, -0.15) is 4.39 Å². The monoisotopic (exact) mass is 183 g/mol.